The fourth-order valence-electron chi connectivity index (χ4n) is 3.75. The van der Waals surface area contributed by atoms with Crippen LogP contribution in [0.1, 0.15) is 46.0 Å². The monoisotopic (exact) mass is 296 g/mol. The Balaban J connectivity index is 1.98. The topological polar surface area (TPSA) is 34.1 Å². The van der Waals surface area contributed by atoms with Gasteiger partial charge in [-0.25, -0.2) is 0 Å². The molecule has 0 bridgehead atoms. The summed E-state index contributed by atoms with van der Waals surface area (Å²) in [6, 6.07) is 0. The molecule has 2 saturated heterocycles. The number of methoxy groups -OCH3 is 1. The molecular formula is C17H32N2O2. The van der Waals surface area contributed by atoms with Gasteiger partial charge >= 0.3 is 0 Å². The van der Waals surface area contributed by atoms with E-state index in [-0.39, 0.29) is 11.0 Å². The number of hydrogen-bond donors (Lipinski definition) is 0. The van der Waals surface area contributed by atoms with E-state index in [0.29, 0.717) is 0 Å². The maximum absolute atomic E-state index is 5.93. The molecule has 0 unspecified atom stereocenters. The molecule has 0 radical (unpaired) electrons. The molecule has 122 valence electrons. The summed E-state index contributed by atoms with van der Waals surface area (Å²) in [5.74, 6) is 0. The van der Waals surface area contributed by atoms with Gasteiger partial charge in [-0.15, -0.1) is 0 Å². The van der Waals surface area contributed by atoms with E-state index in [1.54, 1.807) is 7.11 Å². The average molecular weight is 296 g/mol. The summed E-state index contributed by atoms with van der Waals surface area (Å²) >= 11 is 0. The molecule has 0 aromatic heterocycles. The Morgan fingerprint density at radius 2 is 2.05 bits per heavy atom. The lowest BCUT2D eigenvalue weighted by Gasteiger charge is -2.44. The molecule has 0 spiro atoms. The summed E-state index contributed by atoms with van der Waals surface area (Å²) in [6.07, 6.45) is 8.13. The van der Waals surface area contributed by atoms with Gasteiger partial charge in [-0.05, 0) is 59.0 Å². The van der Waals surface area contributed by atoms with Gasteiger partial charge in [-0.1, -0.05) is 0 Å². The van der Waals surface area contributed by atoms with E-state index in [4.69, 9.17) is 14.5 Å². The molecule has 0 N–H and O–H groups in total. The Hall–Kier alpha value is -0.450. The number of ether oxygens (including phenoxy) is 2. The van der Waals surface area contributed by atoms with Crippen LogP contribution in [0.2, 0.25) is 0 Å². The molecule has 4 heteroatoms. The molecule has 1 atom stereocenters. The fourth-order valence-corrected chi connectivity index (χ4v) is 3.75. The minimum atomic E-state index is -0.0312. The quantitative estimate of drug-likeness (QED) is 0.535. The number of hydrogen-bond acceptors (Lipinski definition) is 4. The Bertz CT molecular complexity index is 338. The summed E-state index contributed by atoms with van der Waals surface area (Å²) in [7, 11) is 1.75. The first kappa shape index (κ1) is 16.9. The minimum absolute atomic E-state index is 0.0312. The third-order valence-electron chi connectivity index (χ3n) is 4.61. The molecule has 0 saturated carbocycles. The van der Waals surface area contributed by atoms with Gasteiger partial charge in [0, 0.05) is 45.0 Å². The lowest BCUT2D eigenvalue weighted by Crippen LogP contribution is -2.48. The number of rotatable bonds is 7. The van der Waals surface area contributed by atoms with Gasteiger partial charge in [-0.3, -0.25) is 4.99 Å². The maximum atomic E-state index is 5.93. The second kappa shape index (κ2) is 7.70. The van der Waals surface area contributed by atoms with E-state index >= 15 is 0 Å². The van der Waals surface area contributed by atoms with Crippen LogP contribution in [-0.4, -0.2) is 63.2 Å². The zero-order valence-corrected chi connectivity index (χ0v) is 14.1. The summed E-state index contributed by atoms with van der Waals surface area (Å²) in [6.45, 7) is 10.6. The van der Waals surface area contributed by atoms with Crippen molar-refractivity contribution in [2.45, 2.75) is 51.6 Å². The van der Waals surface area contributed by atoms with Crippen molar-refractivity contribution in [3.05, 3.63) is 0 Å². The van der Waals surface area contributed by atoms with E-state index < -0.39 is 0 Å². The second-order valence-electron chi connectivity index (χ2n) is 7.26. The Labute approximate surface area is 129 Å². The summed E-state index contributed by atoms with van der Waals surface area (Å²) < 4.78 is 11.0. The van der Waals surface area contributed by atoms with E-state index in [2.05, 4.69) is 25.0 Å². The molecule has 2 aliphatic heterocycles. The minimum Gasteiger partial charge on any atom is -0.385 e. The Kier molecular flexibility index (Phi) is 6.20. The lowest BCUT2D eigenvalue weighted by molar-refractivity contribution is -0.0897. The van der Waals surface area contributed by atoms with Crippen molar-refractivity contribution in [2.75, 3.05) is 46.5 Å². The fraction of sp³-hybridized carbons (Fsp3) is 0.941. The van der Waals surface area contributed by atoms with Gasteiger partial charge in [0.05, 0.1) is 5.60 Å². The van der Waals surface area contributed by atoms with Crippen molar-refractivity contribution >= 4 is 6.21 Å². The molecule has 2 rings (SSSR count). The summed E-state index contributed by atoms with van der Waals surface area (Å²) in [4.78, 5) is 7.34. The molecule has 0 amide bonds. The molecule has 0 aliphatic carbocycles. The molecule has 2 aliphatic rings. The van der Waals surface area contributed by atoms with Crippen molar-refractivity contribution in [1.82, 2.24) is 4.90 Å². The Morgan fingerprint density at radius 3 is 2.71 bits per heavy atom. The highest BCUT2D eigenvalue weighted by Crippen LogP contribution is 2.38. The van der Waals surface area contributed by atoms with Crippen molar-refractivity contribution in [1.29, 1.82) is 0 Å². The molecule has 4 nitrogen and oxygen atoms in total. The van der Waals surface area contributed by atoms with Crippen molar-refractivity contribution in [3.8, 4) is 0 Å². The molecule has 2 heterocycles. The van der Waals surface area contributed by atoms with Crippen molar-refractivity contribution < 1.29 is 9.47 Å². The average Bonchev–Trinajstić information content (AvgIpc) is 2.90. The Morgan fingerprint density at radius 1 is 1.29 bits per heavy atom. The first-order valence-corrected chi connectivity index (χ1v) is 8.42. The van der Waals surface area contributed by atoms with Crippen LogP contribution in [0.3, 0.4) is 0 Å². The van der Waals surface area contributed by atoms with Crippen LogP contribution >= 0.6 is 0 Å². The van der Waals surface area contributed by atoms with Gasteiger partial charge < -0.3 is 14.4 Å². The van der Waals surface area contributed by atoms with Gasteiger partial charge in [0.1, 0.15) is 0 Å². The molecule has 0 aromatic rings. The third-order valence-corrected chi connectivity index (χ3v) is 4.61. The summed E-state index contributed by atoms with van der Waals surface area (Å²) in [5.41, 5.74) is 0.162. The predicted octanol–water partition coefficient (Wildman–Crippen LogP) is 2.76. The molecule has 0 aromatic carbocycles. The van der Waals surface area contributed by atoms with E-state index in [1.165, 1.54) is 25.9 Å². The highest BCUT2D eigenvalue weighted by Gasteiger charge is 2.41. The first-order valence-electron chi connectivity index (χ1n) is 8.42. The van der Waals surface area contributed by atoms with Crippen LogP contribution in [0.5, 0.6) is 0 Å². The second-order valence-corrected chi connectivity index (χ2v) is 7.26. The molecule has 2 fully saturated rings. The van der Waals surface area contributed by atoms with Crippen LogP contribution in [0, 0.1) is 5.41 Å². The summed E-state index contributed by atoms with van der Waals surface area (Å²) in [5, 5.41) is 0. The largest absolute Gasteiger partial charge is 0.385 e. The third kappa shape index (κ3) is 5.35. The molecular weight excluding hydrogens is 264 g/mol. The van der Waals surface area contributed by atoms with Crippen LogP contribution < -0.4 is 0 Å². The standard InChI is InChI=1S/C17H32N2O2/c1-16(2)13-17(7-12-21-16,14-18-8-6-11-20-3)15-19-9-4-5-10-19/h14H,4-13,15H2,1-3H3/t17-/m0/s1. The van der Waals surface area contributed by atoms with E-state index in [9.17, 15) is 0 Å². The number of aliphatic imine (C=N–C) groups is 1. The van der Waals surface area contributed by atoms with E-state index in [0.717, 1.165) is 45.6 Å². The lowest BCUT2D eigenvalue weighted by atomic mass is 9.74. The van der Waals surface area contributed by atoms with Crippen molar-refractivity contribution in [2.24, 2.45) is 10.4 Å². The smallest absolute Gasteiger partial charge is 0.0635 e. The molecule has 21 heavy (non-hydrogen) atoms. The van der Waals surface area contributed by atoms with Gasteiger partial charge in [0.15, 0.2) is 0 Å². The predicted molar refractivity (Wildman–Crippen MR) is 87.2 cm³/mol. The van der Waals surface area contributed by atoms with Gasteiger partial charge in [0.2, 0.25) is 0 Å². The van der Waals surface area contributed by atoms with Gasteiger partial charge in [-0.2, -0.15) is 0 Å². The zero-order chi connectivity index (χ0) is 15.2. The van der Waals surface area contributed by atoms with Crippen LogP contribution in [-0.2, 0) is 9.47 Å². The number of nitrogens with zero attached hydrogens (tertiary/aromatic N) is 2. The number of likely N-dealkylation sites (tertiary alicyclic amines) is 1. The van der Waals surface area contributed by atoms with Crippen LogP contribution in [0.4, 0.5) is 0 Å². The SMILES string of the molecule is COCCCN=C[C@]1(CN2CCCC2)CCOC(C)(C)C1. The van der Waals surface area contributed by atoms with Crippen molar-refractivity contribution in [3.63, 3.8) is 0 Å². The first-order chi connectivity index (χ1) is 10.1. The highest BCUT2D eigenvalue weighted by molar-refractivity contribution is 5.66. The zero-order valence-electron chi connectivity index (χ0n) is 14.1. The van der Waals surface area contributed by atoms with Gasteiger partial charge in [0.25, 0.3) is 0 Å². The highest BCUT2D eigenvalue weighted by atomic mass is 16.5. The normalized spacial score (nSPS) is 30.2. The van der Waals surface area contributed by atoms with Crippen LogP contribution in [0.25, 0.3) is 0 Å². The van der Waals surface area contributed by atoms with E-state index in [1.807, 2.05) is 0 Å². The maximum Gasteiger partial charge on any atom is 0.0635 e. The van der Waals surface area contributed by atoms with Crippen LogP contribution in [0.15, 0.2) is 4.99 Å².